The van der Waals surface area contributed by atoms with Crippen LogP contribution in [0.3, 0.4) is 0 Å². The van der Waals surface area contributed by atoms with Crippen LogP contribution in [0, 0.1) is 0 Å². The third-order valence-corrected chi connectivity index (χ3v) is 5.14. The monoisotopic (exact) mass is 385 g/mol. The minimum Gasteiger partial charge on any atom is -0.469 e. The van der Waals surface area contributed by atoms with Gasteiger partial charge in [-0.3, -0.25) is 14.4 Å². The number of methoxy groups -OCH3 is 1. The summed E-state index contributed by atoms with van der Waals surface area (Å²) in [5.41, 5.74) is 1.04. The normalized spacial score (nSPS) is 17.1. The molecule has 2 rings (SSSR count). The number of unbranched alkanes of at least 4 members (excludes halogenated alkanes) is 1. The van der Waals surface area contributed by atoms with Crippen LogP contribution in [0.15, 0.2) is 42.5 Å². The van der Waals surface area contributed by atoms with Gasteiger partial charge < -0.3 is 9.64 Å². The standard InChI is InChI=1S/C23H31NO4/c1-28-23(27)14-7-2-3-8-17-24-20(12-9-13-22(24)26)15-16-21(25)18-19-10-5-4-6-11-19/h3-6,8,10-11,20H,2,7,9,12-18H2,1H3/t20-/m1/s1. The highest BCUT2D eigenvalue weighted by Crippen LogP contribution is 2.22. The summed E-state index contributed by atoms with van der Waals surface area (Å²) in [6.45, 7) is 0.578. The molecule has 0 bridgehead atoms. The summed E-state index contributed by atoms with van der Waals surface area (Å²) in [5, 5.41) is 0. The smallest absolute Gasteiger partial charge is 0.305 e. The fourth-order valence-electron chi connectivity index (χ4n) is 3.55. The molecule has 1 fully saturated rings. The first-order valence-electron chi connectivity index (χ1n) is 10.2. The average Bonchev–Trinajstić information content (AvgIpc) is 2.70. The maximum absolute atomic E-state index is 12.3. The number of Topliss-reactive ketones (excluding diaryl/α,β-unsaturated/α-hetero) is 1. The molecule has 0 unspecified atom stereocenters. The Kier molecular flexibility index (Phi) is 9.46. The van der Waals surface area contributed by atoms with Crippen LogP contribution in [0.5, 0.6) is 0 Å². The van der Waals surface area contributed by atoms with Gasteiger partial charge >= 0.3 is 5.97 Å². The number of hydrogen-bond donors (Lipinski definition) is 0. The van der Waals surface area contributed by atoms with Gasteiger partial charge in [-0.1, -0.05) is 42.5 Å². The van der Waals surface area contributed by atoms with Crippen LogP contribution in [0.25, 0.3) is 0 Å². The molecule has 1 heterocycles. The number of esters is 1. The molecule has 5 heteroatoms. The van der Waals surface area contributed by atoms with E-state index in [1.54, 1.807) is 0 Å². The lowest BCUT2D eigenvalue weighted by Crippen LogP contribution is -2.43. The van der Waals surface area contributed by atoms with Gasteiger partial charge in [-0.2, -0.15) is 0 Å². The molecule has 0 radical (unpaired) electrons. The van der Waals surface area contributed by atoms with E-state index in [0.29, 0.717) is 32.2 Å². The summed E-state index contributed by atoms with van der Waals surface area (Å²) >= 11 is 0. The topological polar surface area (TPSA) is 63.7 Å². The summed E-state index contributed by atoms with van der Waals surface area (Å²) in [5.74, 6) is 0.202. The van der Waals surface area contributed by atoms with Crippen molar-refractivity contribution < 1.29 is 19.1 Å². The molecule has 1 aromatic carbocycles. The molecule has 0 N–H and O–H groups in total. The highest BCUT2D eigenvalue weighted by atomic mass is 16.5. The Morgan fingerprint density at radius 2 is 1.96 bits per heavy atom. The third kappa shape index (κ3) is 7.67. The molecule has 1 aromatic rings. The summed E-state index contributed by atoms with van der Waals surface area (Å²) in [4.78, 5) is 37.6. The number of allylic oxidation sites excluding steroid dienone is 1. The van der Waals surface area contributed by atoms with E-state index in [1.807, 2.05) is 47.4 Å². The lowest BCUT2D eigenvalue weighted by atomic mass is 9.95. The van der Waals surface area contributed by atoms with E-state index >= 15 is 0 Å². The minimum atomic E-state index is -0.195. The number of rotatable bonds is 11. The zero-order valence-corrected chi connectivity index (χ0v) is 16.8. The molecule has 1 saturated heterocycles. The number of hydrogen-bond acceptors (Lipinski definition) is 4. The molecule has 1 amide bonds. The summed E-state index contributed by atoms with van der Waals surface area (Å²) in [6.07, 6.45) is 10.1. The van der Waals surface area contributed by atoms with Gasteiger partial charge in [0.15, 0.2) is 0 Å². The number of ether oxygens (including phenoxy) is 1. The molecule has 28 heavy (non-hydrogen) atoms. The minimum absolute atomic E-state index is 0.140. The van der Waals surface area contributed by atoms with Crippen LogP contribution in [-0.4, -0.2) is 42.3 Å². The largest absolute Gasteiger partial charge is 0.469 e. The van der Waals surface area contributed by atoms with Gasteiger partial charge in [-0.05, 0) is 37.7 Å². The third-order valence-electron chi connectivity index (χ3n) is 5.14. The van der Waals surface area contributed by atoms with Crippen LogP contribution < -0.4 is 0 Å². The predicted molar refractivity (Wildman–Crippen MR) is 109 cm³/mol. The highest BCUT2D eigenvalue weighted by Gasteiger charge is 2.27. The van der Waals surface area contributed by atoms with E-state index in [9.17, 15) is 14.4 Å². The second-order valence-electron chi connectivity index (χ2n) is 7.27. The van der Waals surface area contributed by atoms with Gasteiger partial charge in [0.05, 0.1) is 7.11 Å². The van der Waals surface area contributed by atoms with Crippen molar-refractivity contribution in [2.45, 2.75) is 63.8 Å². The maximum Gasteiger partial charge on any atom is 0.305 e. The molecule has 0 saturated carbocycles. The molecule has 0 spiro atoms. The lowest BCUT2D eigenvalue weighted by molar-refractivity contribution is -0.140. The summed E-state index contributed by atoms with van der Waals surface area (Å²) in [6, 6.07) is 9.92. The number of amides is 1. The van der Waals surface area contributed by atoms with Crippen LogP contribution >= 0.6 is 0 Å². The van der Waals surface area contributed by atoms with Crippen molar-refractivity contribution in [2.75, 3.05) is 13.7 Å². The Morgan fingerprint density at radius 3 is 2.71 bits per heavy atom. The second-order valence-corrected chi connectivity index (χ2v) is 7.27. The van der Waals surface area contributed by atoms with Crippen LogP contribution in [0.1, 0.15) is 56.9 Å². The van der Waals surface area contributed by atoms with E-state index < -0.39 is 0 Å². The van der Waals surface area contributed by atoms with Crippen molar-refractivity contribution in [3.63, 3.8) is 0 Å². The van der Waals surface area contributed by atoms with Gasteiger partial charge in [0.1, 0.15) is 5.78 Å². The molecular weight excluding hydrogens is 354 g/mol. The number of benzene rings is 1. The molecule has 1 aliphatic heterocycles. The van der Waals surface area contributed by atoms with Crippen LogP contribution in [-0.2, 0) is 25.5 Å². The fraction of sp³-hybridized carbons (Fsp3) is 0.522. The van der Waals surface area contributed by atoms with Crippen LogP contribution in [0.4, 0.5) is 0 Å². The zero-order valence-electron chi connectivity index (χ0n) is 16.8. The molecule has 152 valence electrons. The van der Waals surface area contributed by atoms with Crippen molar-refractivity contribution >= 4 is 17.7 Å². The van der Waals surface area contributed by atoms with E-state index in [1.165, 1.54) is 7.11 Å². The number of carbonyl (C=O) groups excluding carboxylic acids is 3. The van der Waals surface area contributed by atoms with Crippen molar-refractivity contribution in [3.8, 4) is 0 Å². The number of nitrogens with zero attached hydrogens (tertiary/aromatic N) is 1. The second kappa shape index (κ2) is 12.1. The van der Waals surface area contributed by atoms with Gasteiger partial charge in [0, 0.05) is 38.3 Å². The Labute approximate surface area is 167 Å². The first kappa shape index (κ1) is 21.9. The number of likely N-dealkylation sites (tertiary alicyclic amines) is 1. The van der Waals surface area contributed by atoms with Gasteiger partial charge in [0.2, 0.25) is 5.91 Å². The van der Waals surface area contributed by atoms with E-state index in [2.05, 4.69) is 4.74 Å². The van der Waals surface area contributed by atoms with Gasteiger partial charge in [-0.25, -0.2) is 0 Å². The lowest BCUT2D eigenvalue weighted by Gasteiger charge is -2.35. The summed E-state index contributed by atoms with van der Waals surface area (Å²) in [7, 11) is 1.39. The van der Waals surface area contributed by atoms with Crippen LogP contribution in [0.2, 0.25) is 0 Å². The zero-order chi connectivity index (χ0) is 20.2. The maximum atomic E-state index is 12.3. The van der Waals surface area contributed by atoms with Gasteiger partial charge in [-0.15, -0.1) is 0 Å². The van der Waals surface area contributed by atoms with Crippen molar-refractivity contribution in [1.82, 2.24) is 4.90 Å². The highest BCUT2D eigenvalue weighted by molar-refractivity contribution is 5.81. The molecular formula is C23H31NO4. The van der Waals surface area contributed by atoms with Crippen molar-refractivity contribution in [2.24, 2.45) is 0 Å². The Bertz CT molecular complexity index is 668. The molecule has 1 aliphatic rings. The SMILES string of the molecule is COC(=O)CCCC=CCN1C(=O)CCC[C@@H]1CCC(=O)Cc1ccccc1. The number of ketones is 1. The fourth-order valence-corrected chi connectivity index (χ4v) is 3.55. The predicted octanol–water partition coefficient (Wildman–Crippen LogP) is 3.86. The Hall–Kier alpha value is -2.43. The van der Waals surface area contributed by atoms with E-state index in [0.717, 1.165) is 37.7 Å². The molecule has 0 aromatic heterocycles. The average molecular weight is 386 g/mol. The first-order chi connectivity index (χ1) is 13.6. The van der Waals surface area contributed by atoms with E-state index in [4.69, 9.17) is 0 Å². The number of carbonyl (C=O) groups is 3. The first-order valence-corrected chi connectivity index (χ1v) is 10.2. The van der Waals surface area contributed by atoms with E-state index in [-0.39, 0.29) is 23.7 Å². The molecule has 1 atom stereocenters. The van der Waals surface area contributed by atoms with Crippen molar-refractivity contribution in [3.05, 3.63) is 48.0 Å². The van der Waals surface area contributed by atoms with Crippen molar-refractivity contribution in [1.29, 1.82) is 0 Å². The Balaban J connectivity index is 1.76. The summed E-state index contributed by atoms with van der Waals surface area (Å²) < 4.78 is 4.62. The van der Waals surface area contributed by atoms with Gasteiger partial charge in [0.25, 0.3) is 0 Å². The quantitative estimate of drug-likeness (QED) is 0.330. The molecule has 5 nitrogen and oxygen atoms in total. The molecule has 0 aliphatic carbocycles. The number of piperidine rings is 1. The Morgan fingerprint density at radius 1 is 1.18 bits per heavy atom.